The highest BCUT2D eigenvalue weighted by Gasteiger charge is 2.15. The van der Waals surface area contributed by atoms with E-state index in [9.17, 15) is 8.42 Å². The molecule has 1 aromatic carbocycles. The van der Waals surface area contributed by atoms with Gasteiger partial charge in [0, 0.05) is 23.1 Å². The van der Waals surface area contributed by atoms with Crippen LogP contribution < -0.4 is 0 Å². The summed E-state index contributed by atoms with van der Waals surface area (Å²) in [6.07, 6.45) is 4.74. The lowest BCUT2D eigenvalue weighted by Gasteiger charge is -2.06. The van der Waals surface area contributed by atoms with E-state index in [1.165, 1.54) is 12.4 Å². The molecule has 0 unspecified atom stereocenters. The Hall–Kier alpha value is -1.33. The predicted molar refractivity (Wildman–Crippen MR) is 56.6 cm³/mol. The number of imidazole rings is 1. The fourth-order valence-corrected chi connectivity index (χ4v) is 2.33. The second-order valence-electron chi connectivity index (χ2n) is 2.88. The maximum Gasteiger partial charge on any atom is 0.263 e. The van der Waals surface area contributed by atoms with E-state index in [0.717, 1.165) is 0 Å². The average molecular weight is 243 g/mol. The van der Waals surface area contributed by atoms with E-state index in [0.29, 0.717) is 5.69 Å². The number of aromatic nitrogens is 2. The van der Waals surface area contributed by atoms with Crippen molar-refractivity contribution in [2.45, 2.75) is 4.90 Å². The van der Waals surface area contributed by atoms with Crippen molar-refractivity contribution in [1.29, 1.82) is 0 Å². The number of rotatable bonds is 2. The predicted octanol–water partition coefficient (Wildman–Crippen LogP) is 1.80. The number of halogens is 1. The number of para-hydroxylation sites is 1. The zero-order valence-corrected chi connectivity index (χ0v) is 9.11. The van der Waals surface area contributed by atoms with Crippen LogP contribution in [0.4, 0.5) is 0 Å². The normalized spacial score (nSPS) is 11.5. The largest absolute Gasteiger partial charge is 0.305 e. The zero-order valence-electron chi connectivity index (χ0n) is 7.54. The van der Waals surface area contributed by atoms with Gasteiger partial charge in [-0.3, -0.25) is 0 Å². The van der Waals surface area contributed by atoms with Gasteiger partial charge in [0.2, 0.25) is 0 Å². The first kappa shape index (κ1) is 10.2. The van der Waals surface area contributed by atoms with E-state index in [1.54, 1.807) is 35.2 Å². The summed E-state index contributed by atoms with van der Waals surface area (Å²) >= 11 is 0. The second kappa shape index (κ2) is 3.67. The molecule has 0 saturated carbocycles. The fourth-order valence-electron chi connectivity index (χ4n) is 1.28. The molecule has 4 nitrogen and oxygen atoms in total. The van der Waals surface area contributed by atoms with E-state index in [4.69, 9.17) is 10.7 Å². The molecule has 1 aromatic heterocycles. The van der Waals surface area contributed by atoms with Gasteiger partial charge in [0.25, 0.3) is 9.05 Å². The van der Waals surface area contributed by atoms with E-state index in [-0.39, 0.29) is 4.90 Å². The standard InChI is InChI=1S/C9H7ClN2O2S/c10-15(13,14)9-4-2-1-3-8(9)12-6-5-11-7-12/h1-7H. The summed E-state index contributed by atoms with van der Waals surface area (Å²) in [5.41, 5.74) is 0.491. The zero-order chi connectivity index (χ0) is 10.9. The van der Waals surface area contributed by atoms with Gasteiger partial charge < -0.3 is 4.57 Å². The molecular weight excluding hydrogens is 236 g/mol. The molecule has 0 N–H and O–H groups in total. The minimum Gasteiger partial charge on any atom is -0.305 e. The minimum atomic E-state index is -3.74. The van der Waals surface area contributed by atoms with Gasteiger partial charge in [-0.2, -0.15) is 0 Å². The summed E-state index contributed by atoms with van der Waals surface area (Å²) in [7, 11) is 1.58. The molecule has 0 aliphatic heterocycles. The monoisotopic (exact) mass is 242 g/mol. The van der Waals surface area contributed by atoms with E-state index in [2.05, 4.69) is 4.98 Å². The Labute approximate surface area is 91.6 Å². The van der Waals surface area contributed by atoms with Crippen LogP contribution in [0.2, 0.25) is 0 Å². The van der Waals surface area contributed by atoms with Crippen molar-refractivity contribution in [2.75, 3.05) is 0 Å². The lowest BCUT2D eigenvalue weighted by Crippen LogP contribution is -1.99. The number of benzene rings is 1. The maximum absolute atomic E-state index is 11.3. The quantitative estimate of drug-likeness (QED) is 0.755. The van der Waals surface area contributed by atoms with Crippen LogP contribution in [-0.2, 0) is 9.05 Å². The molecule has 2 aromatic rings. The summed E-state index contributed by atoms with van der Waals surface area (Å²) < 4.78 is 24.2. The number of hydrogen-bond acceptors (Lipinski definition) is 3. The molecular formula is C9H7ClN2O2S. The molecule has 0 atom stereocenters. The number of nitrogens with zero attached hydrogens (tertiary/aromatic N) is 2. The molecule has 0 fully saturated rings. The van der Waals surface area contributed by atoms with Crippen LogP contribution in [0.3, 0.4) is 0 Å². The average Bonchev–Trinajstić information content (AvgIpc) is 2.69. The molecule has 0 bridgehead atoms. The van der Waals surface area contributed by atoms with Gasteiger partial charge in [-0.05, 0) is 12.1 Å². The molecule has 0 aliphatic rings. The highest BCUT2D eigenvalue weighted by atomic mass is 35.7. The molecule has 15 heavy (non-hydrogen) atoms. The first-order valence-corrected chi connectivity index (χ1v) is 6.42. The second-order valence-corrected chi connectivity index (χ2v) is 5.41. The lowest BCUT2D eigenvalue weighted by molar-refractivity contribution is 0.609. The van der Waals surface area contributed by atoms with Crippen molar-refractivity contribution in [2.24, 2.45) is 0 Å². The fraction of sp³-hybridized carbons (Fsp3) is 0. The summed E-state index contributed by atoms with van der Waals surface area (Å²) in [4.78, 5) is 3.92. The van der Waals surface area contributed by atoms with Gasteiger partial charge in [-0.25, -0.2) is 13.4 Å². The van der Waals surface area contributed by atoms with Crippen molar-refractivity contribution in [3.63, 3.8) is 0 Å². The van der Waals surface area contributed by atoms with E-state index < -0.39 is 9.05 Å². The Kier molecular flexibility index (Phi) is 2.50. The third-order valence-electron chi connectivity index (χ3n) is 1.91. The molecule has 2 rings (SSSR count). The summed E-state index contributed by atoms with van der Waals surface area (Å²) in [6, 6.07) is 6.48. The van der Waals surface area contributed by atoms with Gasteiger partial charge in [0.05, 0.1) is 12.0 Å². The molecule has 6 heteroatoms. The van der Waals surface area contributed by atoms with Gasteiger partial charge in [0.1, 0.15) is 4.90 Å². The maximum atomic E-state index is 11.3. The minimum absolute atomic E-state index is 0.0738. The highest BCUT2D eigenvalue weighted by molar-refractivity contribution is 8.13. The van der Waals surface area contributed by atoms with Gasteiger partial charge in [-0.15, -0.1) is 0 Å². The SMILES string of the molecule is O=S(=O)(Cl)c1ccccc1-n1ccnc1. The van der Waals surface area contributed by atoms with Crippen molar-refractivity contribution >= 4 is 19.7 Å². The van der Waals surface area contributed by atoms with Crippen LogP contribution in [0.1, 0.15) is 0 Å². The van der Waals surface area contributed by atoms with Gasteiger partial charge >= 0.3 is 0 Å². The van der Waals surface area contributed by atoms with Crippen LogP contribution in [0.25, 0.3) is 5.69 Å². The van der Waals surface area contributed by atoms with Crippen LogP contribution in [0.15, 0.2) is 47.9 Å². The smallest absolute Gasteiger partial charge is 0.263 e. The number of hydrogen-bond donors (Lipinski definition) is 0. The van der Waals surface area contributed by atoms with Crippen LogP contribution >= 0.6 is 10.7 Å². The lowest BCUT2D eigenvalue weighted by atomic mass is 10.3. The van der Waals surface area contributed by atoms with Crippen LogP contribution in [0, 0.1) is 0 Å². The highest BCUT2D eigenvalue weighted by Crippen LogP contribution is 2.22. The molecule has 78 valence electrons. The topological polar surface area (TPSA) is 52.0 Å². The first-order valence-electron chi connectivity index (χ1n) is 4.11. The Morgan fingerprint density at radius 3 is 2.60 bits per heavy atom. The molecule has 0 radical (unpaired) electrons. The van der Waals surface area contributed by atoms with E-state index in [1.807, 2.05) is 0 Å². The summed E-state index contributed by atoms with van der Waals surface area (Å²) in [5.74, 6) is 0. The van der Waals surface area contributed by atoms with Crippen molar-refractivity contribution in [3.05, 3.63) is 43.0 Å². The Morgan fingerprint density at radius 2 is 2.00 bits per heavy atom. The third kappa shape index (κ3) is 2.03. The van der Waals surface area contributed by atoms with Crippen molar-refractivity contribution in [3.8, 4) is 5.69 Å². The Bertz CT molecular complexity index is 564. The molecule has 1 heterocycles. The van der Waals surface area contributed by atoms with E-state index >= 15 is 0 Å². The summed E-state index contributed by atoms with van der Waals surface area (Å²) in [5, 5.41) is 0. The van der Waals surface area contributed by atoms with Crippen LogP contribution in [0.5, 0.6) is 0 Å². The molecule has 0 amide bonds. The van der Waals surface area contributed by atoms with Crippen LogP contribution in [-0.4, -0.2) is 18.0 Å². The Balaban J connectivity index is 2.68. The Morgan fingerprint density at radius 1 is 1.27 bits per heavy atom. The summed E-state index contributed by atoms with van der Waals surface area (Å²) in [6.45, 7) is 0. The van der Waals surface area contributed by atoms with Gasteiger partial charge in [-0.1, -0.05) is 12.1 Å². The van der Waals surface area contributed by atoms with Gasteiger partial charge in [0.15, 0.2) is 0 Å². The van der Waals surface area contributed by atoms with Crippen molar-refractivity contribution < 1.29 is 8.42 Å². The molecule has 0 spiro atoms. The third-order valence-corrected chi connectivity index (χ3v) is 3.28. The first-order chi connectivity index (χ1) is 7.09. The van der Waals surface area contributed by atoms with Crippen molar-refractivity contribution in [1.82, 2.24) is 9.55 Å². The molecule has 0 aliphatic carbocycles. The molecule has 0 saturated heterocycles.